The SMILES string of the molecule is CCC(CC)NCCCCC(F)(F)F. The van der Waals surface area contributed by atoms with Gasteiger partial charge in [0.25, 0.3) is 0 Å². The highest BCUT2D eigenvalue weighted by Gasteiger charge is 2.25. The molecule has 86 valence electrons. The van der Waals surface area contributed by atoms with Crippen molar-refractivity contribution in [2.75, 3.05) is 6.54 Å². The van der Waals surface area contributed by atoms with Crippen molar-refractivity contribution in [1.82, 2.24) is 5.32 Å². The highest BCUT2D eigenvalue weighted by atomic mass is 19.4. The number of unbranched alkanes of at least 4 members (excludes halogenated alkanes) is 1. The second-order valence-corrected chi connectivity index (χ2v) is 3.54. The molecule has 1 N–H and O–H groups in total. The van der Waals surface area contributed by atoms with Crippen LogP contribution >= 0.6 is 0 Å². The van der Waals surface area contributed by atoms with E-state index in [1.165, 1.54) is 0 Å². The van der Waals surface area contributed by atoms with Gasteiger partial charge in [-0.15, -0.1) is 0 Å². The van der Waals surface area contributed by atoms with Gasteiger partial charge in [0, 0.05) is 12.5 Å². The quantitative estimate of drug-likeness (QED) is 0.635. The Morgan fingerprint density at radius 2 is 1.64 bits per heavy atom. The van der Waals surface area contributed by atoms with Crippen molar-refractivity contribution in [3.8, 4) is 0 Å². The molecule has 0 radical (unpaired) electrons. The van der Waals surface area contributed by atoms with Gasteiger partial charge in [0.1, 0.15) is 0 Å². The van der Waals surface area contributed by atoms with Crippen LogP contribution in [-0.2, 0) is 0 Å². The molecule has 0 amide bonds. The van der Waals surface area contributed by atoms with Crippen molar-refractivity contribution >= 4 is 0 Å². The third kappa shape index (κ3) is 8.35. The van der Waals surface area contributed by atoms with E-state index < -0.39 is 12.6 Å². The maximum absolute atomic E-state index is 11.8. The highest BCUT2D eigenvalue weighted by molar-refractivity contribution is 4.62. The molecule has 0 aromatic carbocycles. The van der Waals surface area contributed by atoms with Crippen molar-refractivity contribution in [2.24, 2.45) is 0 Å². The average molecular weight is 211 g/mol. The van der Waals surface area contributed by atoms with Crippen LogP contribution in [0.5, 0.6) is 0 Å². The minimum absolute atomic E-state index is 0.233. The Bertz CT molecular complexity index is 130. The average Bonchev–Trinajstić information content (AvgIpc) is 2.09. The molecule has 0 unspecified atom stereocenters. The molecule has 0 atom stereocenters. The van der Waals surface area contributed by atoms with Gasteiger partial charge in [-0.05, 0) is 32.2 Å². The first-order valence-electron chi connectivity index (χ1n) is 5.29. The zero-order valence-electron chi connectivity index (χ0n) is 8.95. The predicted octanol–water partition coefficient (Wildman–Crippen LogP) is 3.50. The largest absolute Gasteiger partial charge is 0.389 e. The molecule has 0 aromatic heterocycles. The first-order valence-corrected chi connectivity index (χ1v) is 5.29. The molecule has 0 aliphatic heterocycles. The molecular weight excluding hydrogens is 191 g/mol. The van der Waals surface area contributed by atoms with Crippen LogP contribution in [0.25, 0.3) is 0 Å². The Morgan fingerprint density at radius 3 is 2.07 bits per heavy atom. The first kappa shape index (κ1) is 13.8. The lowest BCUT2D eigenvalue weighted by Crippen LogP contribution is -2.28. The third-order valence-corrected chi connectivity index (χ3v) is 2.31. The molecule has 0 heterocycles. The fourth-order valence-electron chi connectivity index (χ4n) is 1.33. The van der Waals surface area contributed by atoms with E-state index in [9.17, 15) is 13.2 Å². The summed E-state index contributed by atoms with van der Waals surface area (Å²) in [6, 6.07) is 0.459. The van der Waals surface area contributed by atoms with Crippen molar-refractivity contribution in [3.63, 3.8) is 0 Å². The van der Waals surface area contributed by atoms with E-state index in [4.69, 9.17) is 0 Å². The molecule has 0 spiro atoms. The van der Waals surface area contributed by atoms with E-state index in [-0.39, 0.29) is 6.42 Å². The van der Waals surface area contributed by atoms with E-state index in [1.807, 2.05) is 0 Å². The van der Waals surface area contributed by atoms with Gasteiger partial charge in [0.15, 0.2) is 0 Å². The monoisotopic (exact) mass is 211 g/mol. The van der Waals surface area contributed by atoms with E-state index >= 15 is 0 Å². The Labute approximate surface area is 84.1 Å². The van der Waals surface area contributed by atoms with Crippen molar-refractivity contribution in [2.45, 2.75) is 58.2 Å². The molecule has 0 saturated heterocycles. The van der Waals surface area contributed by atoms with Crippen molar-refractivity contribution in [3.05, 3.63) is 0 Å². The third-order valence-electron chi connectivity index (χ3n) is 2.31. The highest BCUT2D eigenvalue weighted by Crippen LogP contribution is 2.21. The van der Waals surface area contributed by atoms with Crippen LogP contribution in [-0.4, -0.2) is 18.8 Å². The van der Waals surface area contributed by atoms with Gasteiger partial charge < -0.3 is 5.32 Å². The van der Waals surface area contributed by atoms with Crippen LogP contribution in [0.3, 0.4) is 0 Å². The first-order chi connectivity index (χ1) is 6.49. The molecule has 0 aliphatic rings. The van der Waals surface area contributed by atoms with Crippen LogP contribution in [0.2, 0.25) is 0 Å². The molecule has 0 aliphatic carbocycles. The predicted molar refractivity (Wildman–Crippen MR) is 52.3 cm³/mol. The van der Waals surface area contributed by atoms with Gasteiger partial charge in [0.05, 0.1) is 0 Å². The summed E-state index contributed by atoms with van der Waals surface area (Å²) in [5.74, 6) is 0. The van der Waals surface area contributed by atoms with Crippen molar-refractivity contribution in [1.29, 1.82) is 0 Å². The lowest BCUT2D eigenvalue weighted by molar-refractivity contribution is -0.135. The summed E-state index contributed by atoms with van der Waals surface area (Å²) in [6.45, 7) is 4.86. The fraction of sp³-hybridized carbons (Fsp3) is 1.00. The second-order valence-electron chi connectivity index (χ2n) is 3.54. The molecule has 0 fully saturated rings. The molecule has 0 rings (SSSR count). The summed E-state index contributed by atoms with van der Waals surface area (Å²) in [4.78, 5) is 0. The fourth-order valence-corrected chi connectivity index (χ4v) is 1.33. The molecule has 0 bridgehead atoms. The standard InChI is InChI=1S/C10H20F3N/c1-3-9(4-2)14-8-6-5-7-10(11,12)13/h9,14H,3-8H2,1-2H3. The Balaban J connectivity index is 3.29. The summed E-state index contributed by atoms with van der Waals surface area (Å²) in [5, 5.41) is 3.24. The van der Waals surface area contributed by atoms with Gasteiger partial charge in [-0.1, -0.05) is 13.8 Å². The van der Waals surface area contributed by atoms with Crippen LogP contribution in [0.15, 0.2) is 0 Å². The Kier molecular flexibility index (Phi) is 6.97. The van der Waals surface area contributed by atoms with Crippen LogP contribution in [0, 0.1) is 0 Å². The molecule has 4 heteroatoms. The number of halogens is 3. The lowest BCUT2D eigenvalue weighted by atomic mass is 10.1. The molecule has 14 heavy (non-hydrogen) atoms. The van der Waals surface area contributed by atoms with Gasteiger partial charge >= 0.3 is 6.18 Å². The van der Waals surface area contributed by atoms with E-state index in [0.717, 1.165) is 12.8 Å². The molecule has 1 nitrogen and oxygen atoms in total. The Hall–Kier alpha value is -0.250. The maximum atomic E-state index is 11.8. The zero-order chi connectivity index (χ0) is 11.0. The zero-order valence-corrected chi connectivity index (χ0v) is 8.95. The summed E-state index contributed by atoms with van der Waals surface area (Å²) in [6.07, 6.45) is -1.73. The number of rotatable bonds is 7. The summed E-state index contributed by atoms with van der Waals surface area (Å²) in [7, 11) is 0. The van der Waals surface area contributed by atoms with Gasteiger partial charge in [-0.25, -0.2) is 0 Å². The van der Waals surface area contributed by atoms with Crippen LogP contribution < -0.4 is 5.32 Å². The smallest absolute Gasteiger partial charge is 0.314 e. The van der Waals surface area contributed by atoms with E-state index in [2.05, 4.69) is 19.2 Å². The van der Waals surface area contributed by atoms with Gasteiger partial charge in [0.2, 0.25) is 0 Å². The summed E-state index contributed by atoms with van der Waals surface area (Å²) >= 11 is 0. The van der Waals surface area contributed by atoms with Gasteiger partial charge in [-0.3, -0.25) is 0 Å². The van der Waals surface area contributed by atoms with E-state index in [0.29, 0.717) is 19.0 Å². The minimum atomic E-state index is -3.99. The number of hydrogen-bond donors (Lipinski definition) is 1. The topological polar surface area (TPSA) is 12.0 Å². The number of hydrogen-bond acceptors (Lipinski definition) is 1. The summed E-state index contributed by atoms with van der Waals surface area (Å²) in [5.41, 5.74) is 0. The number of alkyl halides is 3. The second kappa shape index (κ2) is 7.10. The maximum Gasteiger partial charge on any atom is 0.389 e. The molecule has 0 saturated carbocycles. The molecule has 0 aromatic rings. The minimum Gasteiger partial charge on any atom is -0.314 e. The normalized spacial score (nSPS) is 12.4. The van der Waals surface area contributed by atoms with E-state index in [1.54, 1.807) is 0 Å². The Morgan fingerprint density at radius 1 is 1.07 bits per heavy atom. The summed E-state index contributed by atoms with van der Waals surface area (Å²) < 4.78 is 35.3. The van der Waals surface area contributed by atoms with Crippen LogP contribution in [0.1, 0.15) is 46.0 Å². The number of nitrogens with one attached hydrogen (secondary N) is 1. The van der Waals surface area contributed by atoms with Crippen molar-refractivity contribution < 1.29 is 13.2 Å². The lowest BCUT2D eigenvalue weighted by Gasteiger charge is -2.14. The van der Waals surface area contributed by atoms with Crippen LogP contribution in [0.4, 0.5) is 13.2 Å². The molecular formula is C10H20F3N. The van der Waals surface area contributed by atoms with Gasteiger partial charge in [-0.2, -0.15) is 13.2 Å².